The monoisotopic (exact) mass is 233 g/mol. The number of carboxylic acid groups (broad SMARTS) is 3. The minimum absolute atomic E-state index is 0.679. The molecular weight excluding hydrogens is 222 g/mol. The Balaban J connectivity index is 4.71. The van der Waals surface area contributed by atoms with E-state index in [4.69, 9.17) is 15.3 Å². The first-order valence-corrected chi connectivity index (χ1v) is 4.21. The molecule has 0 aliphatic rings. The van der Waals surface area contributed by atoms with Crippen LogP contribution in [-0.2, 0) is 19.2 Å². The molecule has 0 fully saturated rings. The van der Waals surface area contributed by atoms with Gasteiger partial charge in [-0.3, -0.25) is 14.4 Å². The third kappa shape index (κ3) is 4.40. The molecule has 0 bridgehead atoms. The Bertz CT molecular complexity index is 310. The molecule has 0 unspecified atom stereocenters. The van der Waals surface area contributed by atoms with Gasteiger partial charge >= 0.3 is 17.9 Å². The minimum Gasteiger partial charge on any atom is -0.481 e. The number of hydrogen-bond acceptors (Lipinski definition) is 4. The summed E-state index contributed by atoms with van der Waals surface area (Å²) >= 11 is 0. The lowest BCUT2D eigenvalue weighted by Crippen LogP contribution is -2.43. The normalized spacial score (nSPS) is 11.9. The summed E-state index contributed by atoms with van der Waals surface area (Å²) < 4.78 is 0. The number of carbonyl (C=O) groups is 4. The number of rotatable bonds is 6. The van der Waals surface area contributed by atoms with Crippen LogP contribution in [0.15, 0.2) is 0 Å². The molecule has 0 aromatic heterocycles. The molecular formula is C8H11NO7. The van der Waals surface area contributed by atoms with E-state index in [0.717, 1.165) is 6.92 Å². The fourth-order valence-electron chi connectivity index (χ4n) is 1.01. The van der Waals surface area contributed by atoms with Crippen LogP contribution in [0.5, 0.6) is 0 Å². The van der Waals surface area contributed by atoms with Gasteiger partial charge in [0.2, 0.25) is 5.91 Å². The fraction of sp³-hybridized carbons (Fsp3) is 0.500. The van der Waals surface area contributed by atoms with E-state index < -0.39 is 42.2 Å². The molecule has 90 valence electrons. The summed E-state index contributed by atoms with van der Waals surface area (Å²) in [5.41, 5.74) is 0. The zero-order valence-electron chi connectivity index (χ0n) is 8.34. The first-order valence-electron chi connectivity index (χ1n) is 4.21. The Hall–Kier alpha value is -2.12. The number of nitrogens with one attached hydrogen (secondary N) is 1. The summed E-state index contributed by atoms with van der Waals surface area (Å²) in [6.45, 7) is 1.05. The van der Waals surface area contributed by atoms with Crippen LogP contribution in [0.25, 0.3) is 0 Å². The smallest absolute Gasteiger partial charge is 0.326 e. The molecule has 0 rings (SSSR count). The van der Waals surface area contributed by atoms with E-state index in [2.05, 4.69) is 0 Å². The first-order chi connectivity index (χ1) is 7.25. The zero-order chi connectivity index (χ0) is 12.9. The highest BCUT2D eigenvalue weighted by atomic mass is 16.4. The molecule has 1 amide bonds. The predicted octanol–water partition coefficient (Wildman–Crippen LogP) is -1.25. The van der Waals surface area contributed by atoms with E-state index in [0.29, 0.717) is 0 Å². The molecule has 0 aliphatic heterocycles. The van der Waals surface area contributed by atoms with E-state index in [-0.39, 0.29) is 0 Å². The summed E-state index contributed by atoms with van der Waals surface area (Å²) in [7, 11) is 0. The van der Waals surface area contributed by atoms with Crippen molar-refractivity contribution >= 4 is 23.8 Å². The molecule has 0 heterocycles. The van der Waals surface area contributed by atoms with Gasteiger partial charge in [0.05, 0.1) is 0 Å². The van der Waals surface area contributed by atoms with Gasteiger partial charge in [-0.05, 0) is 0 Å². The Labute approximate surface area is 89.9 Å². The molecule has 1 atom stereocenters. The van der Waals surface area contributed by atoms with E-state index in [1.54, 1.807) is 0 Å². The standard InChI is InChI=1S/C8H11NO7/c1-3(10)9-5(8(15)16)2-4(6(11)12)7(13)14/h4-5H,2H2,1H3,(H,9,10)(H,11,12)(H,13,14)(H,15,16)/t5-/m0/s1. The van der Waals surface area contributed by atoms with Crippen LogP contribution in [0.4, 0.5) is 0 Å². The molecule has 0 saturated carbocycles. The maximum absolute atomic E-state index is 10.6. The van der Waals surface area contributed by atoms with Crippen molar-refractivity contribution in [2.45, 2.75) is 19.4 Å². The average molecular weight is 233 g/mol. The summed E-state index contributed by atoms with van der Waals surface area (Å²) in [6, 6.07) is -1.53. The van der Waals surface area contributed by atoms with E-state index in [1.165, 1.54) is 0 Å². The summed E-state index contributed by atoms with van der Waals surface area (Å²) in [5.74, 6) is -7.33. The van der Waals surface area contributed by atoms with Crippen LogP contribution in [-0.4, -0.2) is 45.2 Å². The highest BCUT2D eigenvalue weighted by Gasteiger charge is 2.32. The second kappa shape index (κ2) is 5.69. The zero-order valence-corrected chi connectivity index (χ0v) is 8.34. The van der Waals surface area contributed by atoms with Gasteiger partial charge in [0, 0.05) is 13.3 Å². The maximum atomic E-state index is 10.6. The van der Waals surface area contributed by atoms with Gasteiger partial charge in [-0.15, -0.1) is 0 Å². The number of carbonyl (C=O) groups excluding carboxylic acids is 1. The van der Waals surface area contributed by atoms with Crippen molar-refractivity contribution in [2.24, 2.45) is 5.92 Å². The number of aliphatic carboxylic acids is 3. The molecule has 0 aliphatic carbocycles. The highest BCUT2D eigenvalue weighted by molar-refractivity contribution is 5.94. The molecule has 8 nitrogen and oxygen atoms in total. The van der Waals surface area contributed by atoms with Crippen LogP contribution < -0.4 is 5.32 Å². The average Bonchev–Trinajstić information content (AvgIpc) is 2.09. The van der Waals surface area contributed by atoms with E-state index >= 15 is 0 Å². The lowest BCUT2D eigenvalue weighted by molar-refractivity contribution is -0.156. The van der Waals surface area contributed by atoms with Gasteiger partial charge in [-0.25, -0.2) is 4.79 Å². The Morgan fingerprint density at radius 1 is 1.00 bits per heavy atom. The fourth-order valence-corrected chi connectivity index (χ4v) is 1.01. The van der Waals surface area contributed by atoms with Gasteiger partial charge in [-0.2, -0.15) is 0 Å². The molecule has 4 N–H and O–H groups in total. The minimum atomic E-state index is -1.87. The molecule has 0 spiro atoms. The van der Waals surface area contributed by atoms with Gasteiger partial charge in [0.15, 0.2) is 5.92 Å². The molecule has 0 saturated heterocycles. The third-order valence-electron chi connectivity index (χ3n) is 1.74. The van der Waals surface area contributed by atoms with Crippen molar-refractivity contribution in [3.05, 3.63) is 0 Å². The van der Waals surface area contributed by atoms with Crippen molar-refractivity contribution in [1.29, 1.82) is 0 Å². The van der Waals surface area contributed by atoms with E-state index in [9.17, 15) is 19.2 Å². The van der Waals surface area contributed by atoms with Crippen molar-refractivity contribution in [3.63, 3.8) is 0 Å². The lowest BCUT2D eigenvalue weighted by atomic mass is 10.00. The van der Waals surface area contributed by atoms with Crippen molar-refractivity contribution in [2.75, 3.05) is 0 Å². The van der Waals surface area contributed by atoms with Crippen LogP contribution in [0.2, 0.25) is 0 Å². The Kier molecular flexibility index (Phi) is 4.93. The predicted molar refractivity (Wildman–Crippen MR) is 48.6 cm³/mol. The van der Waals surface area contributed by atoms with Crippen LogP contribution >= 0.6 is 0 Å². The van der Waals surface area contributed by atoms with Gasteiger partial charge in [-0.1, -0.05) is 0 Å². The van der Waals surface area contributed by atoms with Crippen molar-refractivity contribution in [1.82, 2.24) is 5.32 Å². The van der Waals surface area contributed by atoms with Crippen LogP contribution in [0.3, 0.4) is 0 Å². The van der Waals surface area contributed by atoms with Gasteiger partial charge < -0.3 is 20.6 Å². The van der Waals surface area contributed by atoms with Crippen molar-refractivity contribution in [3.8, 4) is 0 Å². The number of carboxylic acids is 3. The number of amides is 1. The highest BCUT2D eigenvalue weighted by Crippen LogP contribution is 2.08. The molecule has 16 heavy (non-hydrogen) atoms. The number of hydrogen-bond donors (Lipinski definition) is 4. The molecule has 8 heteroatoms. The SMILES string of the molecule is CC(=O)N[C@@H](CC(C(=O)O)C(=O)O)C(=O)O. The largest absolute Gasteiger partial charge is 0.481 e. The quantitative estimate of drug-likeness (QED) is 0.420. The molecule has 0 aromatic carbocycles. The van der Waals surface area contributed by atoms with Gasteiger partial charge in [0.1, 0.15) is 6.04 Å². The topological polar surface area (TPSA) is 141 Å². The Morgan fingerprint density at radius 3 is 1.69 bits per heavy atom. The second-order valence-electron chi connectivity index (χ2n) is 3.06. The van der Waals surface area contributed by atoms with Crippen LogP contribution in [0, 0.1) is 5.92 Å². The van der Waals surface area contributed by atoms with Gasteiger partial charge in [0.25, 0.3) is 0 Å². The molecule has 0 radical (unpaired) electrons. The summed E-state index contributed by atoms with van der Waals surface area (Å²) in [4.78, 5) is 42.2. The molecule has 0 aromatic rings. The summed E-state index contributed by atoms with van der Waals surface area (Å²) in [6.07, 6.45) is -0.709. The third-order valence-corrected chi connectivity index (χ3v) is 1.74. The first kappa shape index (κ1) is 13.9. The van der Waals surface area contributed by atoms with E-state index in [1.807, 2.05) is 5.32 Å². The summed E-state index contributed by atoms with van der Waals surface area (Å²) in [5, 5.41) is 27.6. The second-order valence-corrected chi connectivity index (χ2v) is 3.06. The van der Waals surface area contributed by atoms with Crippen molar-refractivity contribution < 1.29 is 34.5 Å². The Morgan fingerprint density at radius 2 is 1.44 bits per heavy atom. The van der Waals surface area contributed by atoms with Crippen LogP contribution in [0.1, 0.15) is 13.3 Å². The maximum Gasteiger partial charge on any atom is 0.326 e. The lowest BCUT2D eigenvalue weighted by Gasteiger charge is -2.15.